The van der Waals surface area contributed by atoms with Gasteiger partial charge in [-0.1, -0.05) is 0 Å². The lowest BCUT2D eigenvalue weighted by Crippen LogP contribution is -2.46. The van der Waals surface area contributed by atoms with Crippen LogP contribution in [0, 0.1) is 16.7 Å². The normalized spacial score (nSPS) is 32.4. The molecular weight excluding hydrogens is 224 g/mol. The van der Waals surface area contributed by atoms with Gasteiger partial charge in [0.05, 0.1) is 24.1 Å². The number of likely N-dealkylation sites (tertiary alicyclic amines) is 1. The van der Waals surface area contributed by atoms with Crippen molar-refractivity contribution in [2.75, 3.05) is 19.6 Å². The lowest BCUT2D eigenvalue weighted by atomic mass is 9.91. The molecule has 2 saturated heterocycles. The summed E-state index contributed by atoms with van der Waals surface area (Å²) in [6.45, 7) is 4.79. The third-order valence-electron chi connectivity index (χ3n) is 3.86. The fourth-order valence-corrected chi connectivity index (χ4v) is 2.73. The van der Waals surface area contributed by atoms with Gasteiger partial charge in [-0.2, -0.15) is 5.26 Å². The van der Waals surface area contributed by atoms with Crippen LogP contribution in [0.2, 0.25) is 0 Å². The Morgan fingerprint density at radius 1 is 1.53 bits per heavy atom. The summed E-state index contributed by atoms with van der Waals surface area (Å²) in [6, 6.07) is 1.47. The fraction of sp³-hybridized carbons (Fsp3) is 0.917. The summed E-state index contributed by atoms with van der Waals surface area (Å²) >= 11 is 0. The number of halogens is 2. The molecule has 0 aliphatic carbocycles. The molecule has 96 valence electrons. The second-order valence-electron chi connectivity index (χ2n) is 5.76. The first-order valence-electron chi connectivity index (χ1n) is 6.12. The molecule has 17 heavy (non-hydrogen) atoms. The van der Waals surface area contributed by atoms with E-state index in [0.29, 0.717) is 19.5 Å². The maximum atomic E-state index is 13.7. The molecule has 0 aromatic rings. The molecule has 2 heterocycles. The number of fused-ring (bicyclic) bond motifs is 1. The SMILES string of the molecule is CC(C)(C#N)CCN1CC[C@@H]2NCC(F)(F)[C@@H]21. The smallest absolute Gasteiger partial charge is 0.276 e. The van der Waals surface area contributed by atoms with Crippen molar-refractivity contribution in [2.45, 2.75) is 44.7 Å². The predicted molar refractivity (Wildman–Crippen MR) is 60.7 cm³/mol. The second-order valence-corrected chi connectivity index (χ2v) is 5.76. The minimum atomic E-state index is -2.63. The quantitative estimate of drug-likeness (QED) is 0.818. The van der Waals surface area contributed by atoms with Crippen molar-refractivity contribution in [1.82, 2.24) is 10.2 Å². The van der Waals surface area contributed by atoms with E-state index in [1.54, 1.807) is 0 Å². The van der Waals surface area contributed by atoms with Crippen LogP contribution in [0.15, 0.2) is 0 Å². The molecule has 0 aromatic heterocycles. The van der Waals surface area contributed by atoms with E-state index in [0.717, 1.165) is 6.42 Å². The minimum absolute atomic E-state index is 0.0739. The zero-order chi connectivity index (χ0) is 12.7. The molecule has 2 fully saturated rings. The van der Waals surface area contributed by atoms with Crippen molar-refractivity contribution in [3.8, 4) is 6.07 Å². The number of hydrogen-bond donors (Lipinski definition) is 1. The van der Waals surface area contributed by atoms with Gasteiger partial charge in [0.2, 0.25) is 0 Å². The highest BCUT2D eigenvalue weighted by Gasteiger charge is 2.55. The van der Waals surface area contributed by atoms with Crippen molar-refractivity contribution in [1.29, 1.82) is 5.26 Å². The first kappa shape index (κ1) is 12.7. The van der Waals surface area contributed by atoms with E-state index < -0.39 is 17.4 Å². The van der Waals surface area contributed by atoms with Crippen molar-refractivity contribution >= 4 is 0 Å². The van der Waals surface area contributed by atoms with E-state index in [2.05, 4.69) is 11.4 Å². The van der Waals surface area contributed by atoms with Gasteiger partial charge in [-0.15, -0.1) is 0 Å². The number of nitrogens with one attached hydrogen (secondary N) is 1. The summed E-state index contributed by atoms with van der Waals surface area (Å²) in [5.41, 5.74) is -0.431. The molecule has 2 atom stereocenters. The summed E-state index contributed by atoms with van der Waals surface area (Å²) in [6.07, 6.45) is 1.43. The molecule has 0 saturated carbocycles. The van der Waals surface area contributed by atoms with Crippen LogP contribution >= 0.6 is 0 Å². The highest BCUT2D eigenvalue weighted by molar-refractivity contribution is 5.07. The zero-order valence-corrected chi connectivity index (χ0v) is 10.3. The summed E-state index contributed by atoms with van der Waals surface area (Å²) in [5.74, 6) is -2.63. The number of hydrogen-bond acceptors (Lipinski definition) is 3. The van der Waals surface area contributed by atoms with Crippen molar-refractivity contribution in [3.05, 3.63) is 0 Å². The fourth-order valence-electron chi connectivity index (χ4n) is 2.73. The molecule has 0 aromatic carbocycles. The number of alkyl halides is 2. The largest absolute Gasteiger partial charge is 0.306 e. The van der Waals surface area contributed by atoms with E-state index in [1.165, 1.54) is 0 Å². The summed E-state index contributed by atoms with van der Waals surface area (Å²) in [5, 5.41) is 11.8. The van der Waals surface area contributed by atoms with Gasteiger partial charge in [-0.05, 0) is 26.7 Å². The van der Waals surface area contributed by atoms with Gasteiger partial charge < -0.3 is 5.32 Å². The van der Waals surface area contributed by atoms with E-state index in [4.69, 9.17) is 5.26 Å². The van der Waals surface area contributed by atoms with Gasteiger partial charge in [0.1, 0.15) is 0 Å². The van der Waals surface area contributed by atoms with Gasteiger partial charge in [-0.25, -0.2) is 8.78 Å². The molecule has 2 aliphatic rings. The standard InChI is InChI=1S/C12H19F2N3/c1-11(2,7-15)4-6-17-5-3-9-10(17)12(13,14)8-16-9/h9-10,16H,3-6,8H2,1-2H3/t9-,10+/m0/s1. The van der Waals surface area contributed by atoms with Crippen LogP contribution in [0.25, 0.3) is 0 Å². The Bertz CT molecular complexity index is 335. The Balaban J connectivity index is 1.97. The minimum Gasteiger partial charge on any atom is -0.306 e. The highest BCUT2D eigenvalue weighted by Crippen LogP contribution is 2.36. The average Bonchev–Trinajstić information content (AvgIpc) is 2.79. The van der Waals surface area contributed by atoms with Crippen molar-refractivity contribution in [2.24, 2.45) is 5.41 Å². The van der Waals surface area contributed by atoms with Crippen molar-refractivity contribution < 1.29 is 8.78 Å². The van der Waals surface area contributed by atoms with Gasteiger partial charge in [-0.3, -0.25) is 4.90 Å². The first-order chi connectivity index (χ1) is 7.86. The molecule has 3 nitrogen and oxygen atoms in total. The Morgan fingerprint density at radius 3 is 2.88 bits per heavy atom. The summed E-state index contributed by atoms with van der Waals surface area (Å²) in [7, 11) is 0. The van der Waals surface area contributed by atoms with E-state index in [1.807, 2.05) is 18.7 Å². The molecule has 2 rings (SSSR count). The molecule has 0 unspecified atom stereocenters. The number of nitrogens with zero attached hydrogens (tertiary/aromatic N) is 2. The van der Waals surface area contributed by atoms with Crippen LogP contribution in [-0.4, -0.2) is 42.5 Å². The van der Waals surface area contributed by atoms with Crippen LogP contribution in [0.3, 0.4) is 0 Å². The summed E-state index contributed by atoms with van der Waals surface area (Å²) < 4.78 is 27.4. The number of nitriles is 1. The van der Waals surface area contributed by atoms with Crippen LogP contribution in [0.5, 0.6) is 0 Å². The third-order valence-corrected chi connectivity index (χ3v) is 3.86. The molecule has 0 amide bonds. The maximum absolute atomic E-state index is 13.7. The Hall–Kier alpha value is -0.730. The Morgan fingerprint density at radius 2 is 2.24 bits per heavy atom. The molecule has 0 spiro atoms. The van der Waals surface area contributed by atoms with Gasteiger partial charge >= 0.3 is 0 Å². The predicted octanol–water partition coefficient (Wildman–Crippen LogP) is 1.61. The van der Waals surface area contributed by atoms with Gasteiger partial charge in [0, 0.05) is 19.1 Å². The average molecular weight is 243 g/mol. The van der Waals surface area contributed by atoms with E-state index in [-0.39, 0.29) is 12.6 Å². The monoisotopic (exact) mass is 243 g/mol. The topological polar surface area (TPSA) is 39.1 Å². The molecule has 1 N–H and O–H groups in total. The van der Waals surface area contributed by atoms with Crippen molar-refractivity contribution in [3.63, 3.8) is 0 Å². The van der Waals surface area contributed by atoms with E-state index >= 15 is 0 Å². The number of rotatable bonds is 3. The molecule has 5 heteroatoms. The summed E-state index contributed by atoms with van der Waals surface area (Å²) in [4.78, 5) is 1.85. The van der Waals surface area contributed by atoms with Gasteiger partial charge in [0.25, 0.3) is 5.92 Å². The Kier molecular flexibility index (Phi) is 3.13. The highest BCUT2D eigenvalue weighted by atomic mass is 19.3. The zero-order valence-electron chi connectivity index (χ0n) is 10.3. The lowest BCUT2D eigenvalue weighted by Gasteiger charge is -2.29. The molecule has 2 aliphatic heterocycles. The van der Waals surface area contributed by atoms with Crippen LogP contribution < -0.4 is 5.32 Å². The van der Waals surface area contributed by atoms with Crippen LogP contribution in [0.1, 0.15) is 26.7 Å². The molecule has 0 radical (unpaired) electrons. The third kappa shape index (κ3) is 2.43. The van der Waals surface area contributed by atoms with Crippen LogP contribution in [0.4, 0.5) is 8.78 Å². The van der Waals surface area contributed by atoms with Crippen LogP contribution in [-0.2, 0) is 0 Å². The molecule has 0 bridgehead atoms. The first-order valence-corrected chi connectivity index (χ1v) is 6.12. The maximum Gasteiger partial charge on any atom is 0.276 e. The second kappa shape index (κ2) is 4.18. The lowest BCUT2D eigenvalue weighted by molar-refractivity contribution is -0.0423. The Labute approximate surface area is 101 Å². The van der Waals surface area contributed by atoms with Gasteiger partial charge in [0.15, 0.2) is 0 Å². The molecular formula is C12H19F2N3. The van der Waals surface area contributed by atoms with E-state index in [9.17, 15) is 8.78 Å².